The summed E-state index contributed by atoms with van der Waals surface area (Å²) >= 11 is 0. The number of imidazole rings is 1. The van der Waals surface area contributed by atoms with E-state index in [1.54, 1.807) is 6.33 Å². The van der Waals surface area contributed by atoms with Gasteiger partial charge in [-0.2, -0.15) is 0 Å². The van der Waals surface area contributed by atoms with Crippen molar-refractivity contribution in [1.29, 1.82) is 0 Å². The average Bonchev–Trinajstić information content (AvgIpc) is 2.89. The molecule has 4 N–H and O–H groups in total. The van der Waals surface area contributed by atoms with Crippen LogP contribution in [0.1, 0.15) is 31.7 Å². The van der Waals surface area contributed by atoms with Gasteiger partial charge in [-0.1, -0.05) is 13.8 Å². The van der Waals surface area contributed by atoms with Crippen LogP contribution in [0.2, 0.25) is 0 Å². The SMILES string of the molecule is CC(C)CC(CNC(=O)C1Cc2nc[nH]c2CN1)C(=O)O. The summed E-state index contributed by atoms with van der Waals surface area (Å²) in [5.41, 5.74) is 1.90. The molecule has 0 spiro atoms. The van der Waals surface area contributed by atoms with E-state index >= 15 is 0 Å². The molecule has 0 radical (unpaired) electrons. The first kappa shape index (κ1) is 15.5. The van der Waals surface area contributed by atoms with Crippen molar-refractivity contribution in [2.75, 3.05) is 6.54 Å². The quantitative estimate of drug-likeness (QED) is 0.603. The molecule has 1 aromatic rings. The van der Waals surface area contributed by atoms with Crippen molar-refractivity contribution in [1.82, 2.24) is 20.6 Å². The Bertz CT molecular complexity index is 512. The van der Waals surface area contributed by atoms with Gasteiger partial charge in [-0.05, 0) is 12.3 Å². The summed E-state index contributed by atoms with van der Waals surface area (Å²) < 4.78 is 0. The molecule has 0 saturated carbocycles. The summed E-state index contributed by atoms with van der Waals surface area (Å²) in [5, 5.41) is 15.0. The second kappa shape index (κ2) is 6.71. The second-order valence-electron chi connectivity index (χ2n) is 5.88. The minimum atomic E-state index is -0.866. The van der Waals surface area contributed by atoms with Crippen LogP contribution < -0.4 is 10.6 Å². The maximum absolute atomic E-state index is 12.1. The molecule has 7 nitrogen and oxygen atoms in total. The van der Waals surface area contributed by atoms with Crippen LogP contribution in [0.4, 0.5) is 0 Å². The van der Waals surface area contributed by atoms with E-state index in [0.29, 0.717) is 19.4 Å². The van der Waals surface area contributed by atoms with E-state index in [4.69, 9.17) is 5.11 Å². The van der Waals surface area contributed by atoms with Crippen LogP contribution in [0.25, 0.3) is 0 Å². The molecular weight excluding hydrogens is 272 g/mol. The molecule has 116 valence electrons. The predicted octanol–water partition coefficient (Wildman–Crippen LogP) is 0.287. The lowest BCUT2D eigenvalue weighted by Gasteiger charge is -2.23. The molecule has 0 fully saturated rings. The summed E-state index contributed by atoms with van der Waals surface area (Å²) in [6.07, 6.45) is 2.69. The zero-order valence-corrected chi connectivity index (χ0v) is 12.3. The summed E-state index contributed by atoms with van der Waals surface area (Å²) in [7, 11) is 0. The third kappa shape index (κ3) is 4.04. The van der Waals surface area contributed by atoms with Gasteiger partial charge in [0.15, 0.2) is 0 Å². The fraction of sp³-hybridized carbons (Fsp3) is 0.643. The third-order valence-corrected chi connectivity index (χ3v) is 3.67. The zero-order chi connectivity index (χ0) is 15.4. The van der Waals surface area contributed by atoms with Gasteiger partial charge >= 0.3 is 5.97 Å². The highest BCUT2D eigenvalue weighted by molar-refractivity contribution is 5.83. The summed E-state index contributed by atoms with van der Waals surface area (Å²) in [6, 6.07) is -0.353. The highest BCUT2D eigenvalue weighted by atomic mass is 16.4. The highest BCUT2D eigenvalue weighted by Crippen LogP contribution is 2.13. The molecule has 7 heteroatoms. The lowest BCUT2D eigenvalue weighted by molar-refractivity contribution is -0.142. The fourth-order valence-corrected chi connectivity index (χ4v) is 2.54. The number of carbonyl (C=O) groups is 2. The number of carboxylic acid groups (broad SMARTS) is 1. The first-order valence-corrected chi connectivity index (χ1v) is 7.22. The van der Waals surface area contributed by atoms with E-state index in [0.717, 1.165) is 11.4 Å². The topological polar surface area (TPSA) is 107 Å². The number of aromatic nitrogens is 2. The molecular formula is C14H22N4O3. The number of H-pyrrole nitrogens is 1. The van der Waals surface area contributed by atoms with Crippen molar-refractivity contribution < 1.29 is 14.7 Å². The van der Waals surface area contributed by atoms with Crippen LogP contribution in [0.5, 0.6) is 0 Å². The monoisotopic (exact) mass is 294 g/mol. The zero-order valence-electron chi connectivity index (χ0n) is 12.3. The molecule has 1 aromatic heterocycles. The smallest absolute Gasteiger partial charge is 0.308 e. The van der Waals surface area contributed by atoms with Gasteiger partial charge in [0, 0.05) is 19.5 Å². The number of hydrogen-bond donors (Lipinski definition) is 4. The molecule has 0 aromatic carbocycles. The maximum atomic E-state index is 12.1. The van der Waals surface area contributed by atoms with Gasteiger partial charge in [0.2, 0.25) is 5.91 Å². The number of carboxylic acids is 1. The van der Waals surface area contributed by atoms with Crippen molar-refractivity contribution in [2.24, 2.45) is 11.8 Å². The van der Waals surface area contributed by atoms with Gasteiger partial charge in [-0.3, -0.25) is 14.9 Å². The summed E-state index contributed by atoms with van der Waals surface area (Å²) in [4.78, 5) is 30.5. The molecule has 21 heavy (non-hydrogen) atoms. The largest absolute Gasteiger partial charge is 0.481 e. The van der Waals surface area contributed by atoms with Gasteiger partial charge in [0.25, 0.3) is 0 Å². The molecule has 2 heterocycles. The molecule has 1 aliphatic rings. The first-order valence-electron chi connectivity index (χ1n) is 7.22. The molecule has 2 rings (SSSR count). The average molecular weight is 294 g/mol. The predicted molar refractivity (Wildman–Crippen MR) is 76.5 cm³/mol. The number of carbonyl (C=O) groups excluding carboxylic acids is 1. The van der Waals surface area contributed by atoms with Crippen LogP contribution in [0, 0.1) is 11.8 Å². The molecule has 0 bridgehead atoms. The number of hydrogen-bond acceptors (Lipinski definition) is 4. The van der Waals surface area contributed by atoms with E-state index in [-0.39, 0.29) is 24.4 Å². The number of aromatic amines is 1. The van der Waals surface area contributed by atoms with Gasteiger partial charge in [-0.15, -0.1) is 0 Å². The lowest BCUT2D eigenvalue weighted by Crippen LogP contribution is -2.49. The van der Waals surface area contributed by atoms with Crippen LogP contribution in [-0.4, -0.2) is 39.5 Å². The van der Waals surface area contributed by atoms with E-state index in [2.05, 4.69) is 20.6 Å². The number of nitrogens with zero attached hydrogens (tertiary/aromatic N) is 1. The first-order chi connectivity index (χ1) is 9.97. The third-order valence-electron chi connectivity index (χ3n) is 3.67. The number of amides is 1. The minimum absolute atomic E-state index is 0.165. The summed E-state index contributed by atoms with van der Waals surface area (Å²) in [6.45, 7) is 4.68. The Morgan fingerprint density at radius 1 is 1.52 bits per heavy atom. The van der Waals surface area contributed by atoms with E-state index in [1.807, 2.05) is 13.8 Å². The molecule has 1 amide bonds. The molecule has 0 saturated heterocycles. The van der Waals surface area contributed by atoms with Crippen LogP contribution in [-0.2, 0) is 22.6 Å². The van der Waals surface area contributed by atoms with Crippen molar-refractivity contribution in [3.8, 4) is 0 Å². The Kier molecular flexibility index (Phi) is 4.95. The van der Waals surface area contributed by atoms with Gasteiger partial charge in [-0.25, -0.2) is 4.98 Å². The van der Waals surface area contributed by atoms with Crippen molar-refractivity contribution in [3.63, 3.8) is 0 Å². The Morgan fingerprint density at radius 2 is 2.29 bits per heavy atom. The van der Waals surface area contributed by atoms with E-state index in [1.165, 1.54) is 0 Å². The van der Waals surface area contributed by atoms with E-state index < -0.39 is 11.9 Å². The fourth-order valence-electron chi connectivity index (χ4n) is 2.54. The molecule has 2 atom stereocenters. The van der Waals surface area contributed by atoms with Gasteiger partial charge < -0.3 is 15.4 Å². The molecule has 2 unspecified atom stereocenters. The summed E-state index contributed by atoms with van der Waals surface area (Å²) in [5.74, 6) is -1.30. The second-order valence-corrected chi connectivity index (χ2v) is 5.88. The number of nitrogens with one attached hydrogen (secondary N) is 3. The van der Waals surface area contributed by atoms with Gasteiger partial charge in [0.05, 0.1) is 29.7 Å². The van der Waals surface area contributed by atoms with Crippen LogP contribution >= 0.6 is 0 Å². The molecule has 1 aliphatic heterocycles. The van der Waals surface area contributed by atoms with Crippen molar-refractivity contribution in [2.45, 2.75) is 39.3 Å². The number of fused-ring (bicyclic) bond motifs is 1. The minimum Gasteiger partial charge on any atom is -0.481 e. The Labute approximate surface area is 123 Å². The molecule has 0 aliphatic carbocycles. The van der Waals surface area contributed by atoms with E-state index in [9.17, 15) is 9.59 Å². The maximum Gasteiger partial charge on any atom is 0.308 e. The Morgan fingerprint density at radius 3 is 2.95 bits per heavy atom. The van der Waals surface area contributed by atoms with Gasteiger partial charge in [0.1, 0.15) is 0 Å². The van der Waals surface area contributed by atoms with Crippen LogP contribution in [0.3, 0.4) is 0 Å². The number of rotatable bonds is 6. The highest BCUT2D eigenvalue weighted by Gasteiger charge is 2.27. The standard InChI is InChI=1S/C14H22N4O3/c1-8(2)3-9(14(20)21)5-16-13(19)11-4-10-12(6-15-11)18-7-17-10/h7-9,11,15H,3-6H2,1-2H3,(H,16,19)(H,17,18)(H,20,21). The van der Waals surface area contributed by atoms with Crippen LogP contribution in [0.15, 0.2) is 6.33 Å². The Balaban J connectivity index is 1.86. The normalized spacial score (nSPS) is 19.1. The van der Waals surface area contributed by atoms with Crippen molar-refractivity contribution in [3.05, 3.63) is 17.7 Å². The lowest BCUT2D eigenvalue weighted by atomic mass is 9.97. The van der Waals surface area contributed by atoms with Crippen molar-refractivity contribution >= 4 is 11.9 Å². The number of aliphatic carboxylic acids is 1. The Hall–Kier alpha value is -1.89.